The number of carbonyl (C=O) groups is 1. The van der Waals surface area contributed by atoms with E-state index in [9.17, 15) is 9.90 Å². The van der Waals surface area contributed by atoms with E-state index in [-0.39, 0.29) is 6.10 Å². The van der Waals surface area contributed by atoms with Gasteiger partial charge in [0.15, 0.2) is 0 Å². The van der Waals surface area contributed by atoms with E-state index < -0.39 is 5.97 Å². The summed E-state index contributed by atoms with van der Waals surface area (Å²) >= 11 is 0. The first kappa shape index (κ1) is 21.2. The number of allylic oxidation sites excluding steroid dienone is 1. The summed E-state index contributed by atoms with van der Waals surface area (Å²) in [7, 11) is 0. The zero-order valence-corrected chi connectivity index (χ0v) is 14.6. The van der Waals surface area contributed by atoms with Crippen LogP contribution in [0.5, 0.6) is 0 Å². The highest BCUT2D eigenvalue weighted by Gasteiger charge is 2.03. The highest BCUT2D eigenvalue weighted by Crippen LogP contribution is 2.15. The van der Waals surface area contributed by atoms with E-state index in [0.717, 1.165) is 51.4 Å². The lowest BCUT2D eigenvalue weighted by molar-refractivity contribution is -0.137. The number of carboxylic acid groups (broad SMARTS) is 1. The Balaban J connectivity index is 3.48. The smallest absolute Gasteiger partial charge is 0.303 e. The summed E-state index contributed by atoms with van der Waals surface area (Å²) in [5.74, 6) is -0.0491. The lowest BCUT2D eigenvalue weighted by Crippen LogP contribution is -2.04. The number of aliphatic hydroxyl groups excluding tert-OH is 1. The van der Waals surface area contributed by atoms with Gasteiger partial charge < -0.3 is 10.2 Å². The second-order valence-corrected chi connectivity index (χ2v) is 6.54. The van der Waals surface area contributed by atoms with Crippen molar-refractivity contribution >= 4 is 5.97 Å². The molecule has 130 valence electrons. The Morgan fingerprint density at radius 1 is 0.955 bits per heavy atom. The molecule has 0 aliphatic carbocycles. The fourth-order valence-electron chi connectivity index (χ4n) is 2.57. The first-order valence-electron chi connectivity index (χ1n) is 9.11. The van der Waals surface area contributed by atoms with Crippen molar-refractivity contribution in [1.82, 2.24) is 0 Å². The van der Waals surface area contributed by atoms with E-state index in [4.69, 9.17) is 5.11 Å². The summed E-state index contributed by atoms with van der Waals surface area (Å²) in [6.45, 7) is 4.44. The average molecular weight is 312 g/mol. The Morgan fingerprint density at radius 2 is 1.59 bits per heavy atom. The highest BCUT2D eigenvalue weighted by atomic mass is 16.4. The molecule has 2 N–H and O–H groups in total. The van der Waals surface area contributed by atoms with Gasteiger partial charge >= 0.3 is 5.97 Å². The Bertz CT molecular complexity index is 286. The molecule has 0 fully saturated rings. The van der Waals surface area contributed by atoms with Gasteiger partial charge in [0.25, 0.3) is 0 Å². The molecule has 0 saturated heterocycles. The lowest BCUT2D eigenvalue weighted by Gasteiger charge is -2.09. The molecule has 1 unspecified atom stereocenters. The summed E-state index contributed by atoms with van der Waals surface area (Å²) in [6, 6.07) is 0. The average Bonchev–Trinajstić information content (AvgIpc) is 2.47. The molecule has 0 saturated carbocycles. The van der Waals surface area contributed by atoms with E-state index in [1.807, 2.05) is 0 Å². The maximum Gasteiger partial charge on any atom is 0.303 e. The molecule has 0 aliphatic rings. The zero-order valence-electron chi connectivity index (χ0n) is 14.6. The van der Waals surface area contributed by atoms with Crippen LogP contribution in [0, 0.1) is 5.92 Å². The molecule has 2 atom stereocenters. The number of hydrogen-bond acceptors (Lipinski definition) is 2. The van der Waals surface area contributed by atoms with Gasteiger partial charge in [0.05, 0.1) is 6.10 Å². The summed E-state index contributed by atoms with van der Waals surface area (Å²) in [4.78, 5) is 10.4. The van der Waals surface area contributed by atoms with E-state index in [1.54, 1.807) is 0 Å². The molecule has 0 heterocycles. The van der Waals surface area contributed by atoms with Crippen LogP contribution in [-0.4, -0.2) is 22.3 Å². The first-order valence-corrected chi connectivity index (χ1v) is 9.11. The van der Waals surface area contributed by atoms with Gasteiger partial charge in [-0.2, -0.15) is 0 Å². The molecule has 0 aromatic heterocycles. The summed E-state index contributed by atoms with van der Waals surface area (Å²) < 4.78 is 0. The third-order valence-electron chi connectivity index (χ3n) is 4.09. The molecule has 0 bridgehead atoms. The Labute approximate surface area is 136 Å². The molecular weight excluding hydrogens is 276 g/mol. The van der Waals surface area contributed by atoms with Crippen LogP contribution >= 0.6 is 0 Å². The lowest BCUT2D eigenvalue weighted by atomic mass is 9.98. The van der Waals surface area contributed by atoms with Gasteiger partial charge in [-0.25, -0.2) is 0 Å². The predicted octanol–water partition coefficient (Wildman–Crippen LogP) is 5.33. The molecular formula is C19H36O3. The maximum absolute atomic E-state index is 10.4. The Morgan fingerprint density at radius 3 is 2.27 bits per heavy atom. The topological polar surface area (TPSA) is 57.5 Å². The van der Waals surface area contributed by atoms with Crippen LogP contribution in [0.1, 0.15) is 90.9 Å². The molecule has 0 aromatic rings. The molecule has 0 spiro atoms. The van der Waals surface area contributed by atoms with Crippen molar-refractivity contribution in [3.05, 3.63) is 12.2 Å². The van der Waals surface area contributed by atoms with Crippen LogP contribution in [0.15, 0.2) is 12.2 Å². The van der Waals surface area contributed by atoms with Crippen molar-refractivity contribution in [2.75, 3.05) is 0 Å². The van der Waals surface area contributed by atoms with Crippen LogP contribution in [0.2, 0.25) is 0 Å². The van der Waals surface area contributed by atoms with Crippen LogP contribution in [0.3, 0.4) is 0 Å². The third kappa shape index (κ3) is 15.6. The van der Waals surface area contributed by atoms with Gasteiger partial charge in [0.2, 0.25) is 0 Å². The third-order valence-corrected chi connectivity index (χ3v) is 4.09. The molecule has 0 aromatic carbocycles. The van der Waals surface area contributed by atoms with Crippen molar-refractivity contribution in [3.8, 4) is 0 Å². The van der Waals surface area contributed by atoms with Crippen LogP contribution in [0.25, 0.3) is 0 Å². The van der Waals surface area contributed by atoms with Crippen molar-refractivity contribution in [2.45, 2.75) is 97.0 Å². The van der Waals surface area contributed by atoms with Gasteiger partial charge in [-0.15, -0.1) is 0 Å². The van der Waals surface area contributed by atoms with Gasteiger partial charge in [0, 0.05) is 6.42 Å². The highest BCUT2D eigenvalue weighted by molar-refractivity contribution is 5.66. The monoisotopic (exact) mass is 312 g/mol. The molecule has 0 rings (SSSR count). The van der Waals surface area contributed by atoms with Crippen molar-refractivity contribution in [3.63, 3.8) is 0 Å². The minimum Gasteiger partial charge on any atom is -0.481 e. The van der Waals surface area contributed by atoms with Crippen LogP contribution < -0.4 is 0 Å². The largest absolute Gasteiger partial charge is 0.481 e. The zero-order chi connectivity index (χ0) is 16.6. The van der Waals surface area contributed by atoms with Gasteiger partial charge in [-0.1, -0.05) is 70.9 Å². The van der Waals surface area contributed by atoms with Gasteiger partial charge in [0.1, 0.15) is 0 Å². The molecule has 0 amide bonds. The number of aliphatic carboxylic acids is 1. The normalized spacial score (nSPS) is 14.3. The Hall–Kier alpha value is -0.830. The fraction of sp³-hybridized carbons (Fsp3) is 0.842. The van der Waals surface area contributed by atoms with Crippen molar-refractivity contribution in [2.24, 2.45) is 5.92 Å². The number of hydrogen-bond donors (Lipinski definition) is 2. The maximum atomic E-state index is 10.4. The molecule has 0 radical (unpaired) electrons. The van der Waals surface area contributed by atoms with Crippen molar-refractivity contribution < 1.29 is 15.0 Å². The summed E-state index contributed by atoms with van der Waals surface area (Å²) in [5, 5.41) is 18.4. The first-order chi connectivity index (χ1) is 10.6. The van der Waals surface area contributed by atoms with E-state index in [0.29, 0.717) is 12.3 Å². The SMILES string of the molecule is CCCCCC[C@@H](O)C/C=C\CC(C)CCCCCC(=O)O. The molecule has 0 aliphatic heterocycles. The fourth-order valence-corrected chi connectivity index (χ4v) is 2.57. The second-order valence-electron chi connectivity index (χ2n) is 6.54. The van der Waals surface area contributed by atoms with E-state index >= 15 is 0 Å². The van der Waals surface area contributed by atoms with E-state index in [2.05, 4.69) is 26.0 Å². The van der Waals surface area contributed by atoms with Gasteiger partial charge in [-0.3, -0.25) is 4.79 Å². The van der Waals surface area contributed by atoms with E-state index in [1.165, 1.54) is 19.3 Å². The standard InChI is InChI=1S/C19H36O3/c1-3-4-5-8-14-18(20)15-11-10-13-17(2)12-7-6-9-16-19(21)22/h10-11,17-18,20H,3-9,12-16H2,1-2H3,(H,21,22)/b11-10-/t17?,18-/m1/s1. The van der Waals surface area contributed by atoms with Crippen molar-refractivity contribution in [1.29, 1.82) is 0 Å². The predicted molar refractivity (Wildman–Crippen MR) is 93.0 cm³/mol. The molecule has 3 nitrogen and oxygen atoms in total. The minimum atomic E-state index is -0.691. The Kier molecular flexibility index (Phi) is 14.5. The minimum absolute atomic E-state index is 0.181. The van der Waals surface area contributed by atoms with Crippen LogP contribution in [0.4, 0.5) is 0 Å². The number of aliphatic hydroxyl groups is 1. The quantitative estimate of drug-likeness (QED) is 0.317. The number of carboxylic acids is 1. The summed E-state index contributed by atoms with van der Waals surface area (Å²) in [6.07, 6.45) is 16.1. The summed E-state index contributed by atoms with van der Waals surface area (Å²) in [5.41, 5.74) is 0. The number of unbranched alkanes of at least 4 members (excludes halogenated alkanes) is 5. The number of rotatable bonds is 15. The van der Waals surface area contributed by atoms with Crippen LogP contribution in [-0.2, 0) is 4.79 Å². The second kappa shape index (κ2) is 15.1. The van der Waals surface area contributed by atoms with Gasteiger partial charge in [-0.05, 0) is 31.6 Å². The molecule has 22 heavy (non-hydrogen) atoms. The molecule has 3 heteroatoms.